The standard InChI is InChI=1S/C13H14Br2FNO/c14-8-10-3-1-2-6-17(10)13(18)11-7-9(16)4-5-12(11)15/h4-5,7,10H,1-3,6,8H2. The van der Waals surface area contributed by atoms with Crippen LogP contribution in [0.15, 0.2) is 22.7 Å². The summed E-state index contributed by atoms with van der Waals surface area (Å²) >= 11 is 6.76. The molecule has 0 radical (unpaired) electrons. The predicted molar refractivity (Wildman–Crippen MR) is 76.6 cm³/mol. The summed E-state index contributed by atoms with van der Waals surface area (Å²) < 4.78 is 13.9. The molecule has 1 unspecified atom stereocenters. The SMILES string of the molecule is O=C(c1cc(F)ccc1Br)N1CCCCC1CBr. The minimum Gasteiger partial charge on any atom is -0.335 e. The van der Waals surface area contributed by atoms with E-state index in [4.69, 9.17) is 0 Å². The van der Waals surface area contributed by atoms with Crippen molar-refractivity contribution < 1.29 is 9.18 Å². The minimum atomic E-state index is -0.381. The number of carbonyl (C=O) groups excluding carboxylic acids is 1. The number of piperidine rings is 1. The Morgan fingerprint density at radius 2 is 2.22 bits per heavy atom. The number of likely N-dealkylation sites (tertiary alicyclic amines) is 1. The Kier molecular flexibility index (Phi) is 4.78. The number of carbonyl (C=O) groups is 1. The number of hydrogen-bond acceptors (Lipinski definition) is 1. The van der Waals surface area contributed by atoms with Crippen molar-refractivity contribution in [3.63, 3.8) is 0 Å². The highest BCUT2D eigenvalue weighted by atomic mass is 79.9. The van der Waals surface area contributed by atoms with Crippen LogP contribution in [0.1, 0.15) is 29.6 Å². The van der Waals surface area contributed by atoms with Crippen molar-refractivity contribution >= 4 is 37.8 Å². The van der Waals surface area contributed by atoms with Crippen LogP contribution < -0.4 is 0 Å². The van der Waals surface area contributed by atoms with Gasteiger partial charge in [-0.15, -0.1) is 0 Å². The van der Waals surface area contributed by atoms with Crippen molar-refractivity contribution in [3.8, 4) is 0 Å². The van der Waals surface area contributed by atoms with Crippen LogP contribution in [0.5, 0.6) is 0 Å². The lowest BCUT2D eigenvalue weighted by Gasteiger charge is -2.35. The Balaban J connectivity index is 2.26. The molecule has 2 nitrogen and oxygen atoms in total. The molecule has 0 spiro atoms. The van der Waals surface area contributed by atoms with E-state index in [0.717, 1.165) is 31.1 Å². The maximum absolute atomic E-state index is 13.3. The molecule has 0 bridgehead atoms. The summed E-state index contributed by atoms with van der Waals surface area (Å²) in [5.74, 6) is -0.473. The van der Waals surface area contributed by atoms with Gasteiger partial charge < -0.3 is 4.90 Å². The van der Waals surface area contributed by atoms with Gasteiger partial charge in [-0.2, -0.15) is 0 Å². The first-order chi connectivity index (χ1) is 8.63. The topological polar surface area (TPSA) is 20.3 Å². The van der Waals surface area contributed by atoms with Gasteiger partial charge in [-0.25, -0.2) is 4.39 Å². The van der Waals surface area contributed by atoms with E-state index in [9.17, 15) is 9.18 Å². The molecular weight excluding hydrogens is 365 g/mol. The fourth-order valence-electron chi connectivity index (χ4n) is 2.24. The van der Waals surface area contributed by atoms with Gasteiger partial charge in [-0.05, 0) is 53.4 Å². The normalized spacial score (nSPS) is 19.9. The lowest BCUT2D eigenvalue weighted by Crippen LogP contribution is -2.44. The van der Waals surface area contributed by atoms with Crippen LogP contribution in [0.4, 0.5) is 4.39 Å². The van der Waals surface area contributed by atoms with Gasteiger partial charge in [-0.3, -0.25) is 4.79 Å². The van der Waals surface area contributed by atoms with E-state index in [0.29, 0.717) is 10.0 Å². The summed E-state index contributed by atoms with van der Waals surface area (Å²) in [5, 5.41) is 0.770. The van der Waals surface area contributed by atoms with E-state index in [-0.39, 0.29) is 17.8 Å². The van der Waals surface area contributed by atoms with E-state index < -0.39 is 0 Å². The second-order valence-electron chi connectivity index (χ2n) is 4.43. The predicted octanol–water partition coefficient (Wildman–Crippen LogP) is 3.98. The quantitative estimate of drug-likeness (QED) is 0.713. The van der Waals surface area contributed by atoms with Crippen LogP contribution in [0.25, 0.3) is 0 Å². The van der Waals surface area contributed by atoms with Crippen molar-refractivity contribution in [3.05, 3.63) is 34.1 Å². The Morgan fingerprint density at radius 1 is 1.44 bits per heavy atom. The summed E-state index contributed by atoms with van der Waals surface area (Å²) in [7, 11) is 0. The Hall–Kier alpha value is -0.420. The highest BCUT2D eigenvalue weighted by Gasteiger charge is 2.27. The largest absolute Gasteiger partial charge is 0.335 e. The Labute approximate surface area is 123 Å². The first-order valence-corrected chi connectivity index (χ1v) is 7.87. The molecule has 0 N–H and O–H groups in total. The molecule has 0 aliphatic carbocycles. The average molecular weight is 379 g/mol. The summed E-state index contributed by atoms with van der Waals surface area (Å²) in [6.07, 6.45) is 3.16. The molecule has 98 valence electrons. The van der Waals surface area contributed by atoms with E-state index in [2.05, 4.69) is 31.9 Å². The van der Waals surface area contributed by atoms with Crippen molar-refractivity contribution in [2.75, 3.05) is 11.9 Å². The molecule has 1 aliphatic rings. The van der Waals surface area contributed by atoms with Gasteiger partial charge in [0, 0.05) is 22.4 Å². The number of amides is 1. The molecule has 18 heavy (non-hydrogen) atoms. The van der Waals surface area contributed by atoms with Crippen LogP contribution in [0.3, 0.4) is 0 Å². The molecule has 1 atom stereocenters. The average Bonchev–Trinajstić information content (AvgIpc) is 2.40. The van der Waals surface area contributed by atoms with E-state index >= 15 is 0 Å². The number of benzene rings is 1. The van der Waals surface area contributed by atoms with Gasteiger partial charge in [0.25, 0.3) is 5.91 Å². The van der Waals surface area contributed by atoms with Crippen LogP contribution in [-0.2, 0) is 0 Å². The van der Waals surface area contributed by atoms with E-state index in [1.807, 2.05) is 4.90 Å². The zero-order valence-electron chi connectivity index (χ0n) is 9.83. The lowest BCUT2D eigenvalue weighted by molar-refractivity contribution is 0.0640. The van der Waals surface area contributed by atoms with Gasteiger partial charge in [-0.1, -0.05) is 15.9 Å². The number of rotatable bonds is 2. The van der Waals surface area contributed by atoms with Crippen LogP contribution in [0.2, 0.25) is 0 Å². The Bertz CT molecular complexity index is 453. The number of hydrogen-bond donors (Lipinski definition) is 0. The maximum Gasteiger partial charge on any atom is 0.255 e. The molecule has 1 heterocycles. The fourth-order valence-corrected chi connectivity index (χ4v) is 3.33. The summed E-state index contributed by atoms with van der Waals surface area (Å²) in [4.78, 5) is 14.3. The molecule has 2 rings (SSSR count). The van der Waals surface area contributed by atoms with Crippen LogP contribution in [-0.4, -0.2) is 28.7 Å². The summed E-state index contributed by atoms with van der Waals surface area (Å²) in [5.41, 5.74) is 0.405. The third kappa shape index (κ3) is 2.94. The molecular formula is C13H14Br2FNO. The summed E-state index contributed by atoms with van der Waals surface area (Å²) in [6, 6.07) is 4.43. The van der Waals surface area contributed by atoms with Crippen LogP contribution in [0, 0.1) is 5.82 Å². The second kappa shape index (κ2) is 6.15. The minimum absolute atomic E-state index is 0.0921. The third-order valence-electron chi connectivity index (χ3n) is 3.22. The van der Waals surface area contributed by atoms with Gasteiger partial charge in [0.15, 0.2) is 0 Å². The van der Waals surface area contributed by atoms with E-state index in [1.54, 1.807) is 6.07 Å². The van der Waals surface area contributed by atoms with Crippen LogP contribution >= 0.6 is 31.9 Å². The van der Waals surface area contributed by atoms with Gasteiger partial charge in [0.1, 0.15) is 5.82 Å². The maximum atomic E-state index is 13.3. The molecule has 1 aromatic rings. The zero-order chi connectivity index (χ0) is 13.1. The Morgan fingerprint density at radius 3 is 2.94 bits per heavy atom. The third-order valence-corrected chi connectivity index (χ3v) is 4.66. The van der Waals surface area contributed by atoms with Gasteiger partial charge >= 0.3 is 0 Å². The zero-order valence-corrected chi connectivity index (χ0v) is 13.0. The first-order valence-electron chi connectivity index (χ1n) is 5.95. The fraction of sp³-hybridized carbons (Fsp3) is 0.462. The molecule has 0 saturated carbocycles. The smallest absolute Gasteiger partial charge is 0.255 e. The summed E-state index contributed by atoms with van der Waals surface area (Å²) in [6.45, 7) is 0.748. The molecule has 1 saturated heterocycles. The molecule has 1 amide bonds. The molecule has 5 heteroatoms. The van der Waals surface area contributed by atoms with Gasteiger partial charge in [0.05, 0.1) is 5.56 Å². The molecule has 1 fully saturated rings. The van der Waals surface area contributed by atoms with Crippen molar-refractivity contribution in [2.24, 2.45) is 0 Å². The molecule has 1 aromatic carbocycles. The van der Waals surface area contributed by atoms with Crippen molar-refractivity contribution in [1.29, 1.82) is 0 Å². The monoisotopic (exact) mass is 377 g/mol. The highest BCUT2D eigenvalue weighted by molar-refractivity contribution is 9.10. The highest BCUT2D eigenvalue weighted by Crippen LogP contribution is 2.25. The number of alkyl halides is 1. The molecule has 1 aliphatic heterocycles. The number of halogens is 3. The number of nitrogens with zero attached hydrogens (tertiary/aromatic N) is 1. The first kappa shape index (κ1) is 14.0. The van der Waals surface area contributed by atoms with Crippen molar-refractivity contribution in [1.82, 2.24) is 4.90 Å². The van der Waals surface area contributed by atoms with Crippen molar-refractivity contribution in [2.45, 2.75) is 25.3 Å². The van der Waals surface area contributed by atoms with Gasteiger partial charge in [0.2, 0.25) is 0 Å². The molecule has 0 aromatic heterocycles. The lowest BCUT2D eigenvalue weighted by atomic mass is 10.0. The second-order valence-corrected chi connectivity index (χ2v) is 5.93. The van der Waals surface area contributed by atoms with E-state index in [1.165, 1.54) is 12.1 Å².